The van der Waals surface area contributed by atoms with Gasteiger partial charge in [-0.2, -0.15) is 0 Å². The molecule has 2 N–H and O–H groups in total. The number of nitrogens with zero attached hydrogens (tertiary/aromatic N) is 2. The molecule has 1 aromatic heterocycles. The van der Waals surface area contributed by atoms with Crippen molar-refractivity contribution in [1.82, 2.24) is 9.97 Å². The van der Waals surface area contributed by atoms with E-state index in [-0.39, 0.29) is 0 Å². The Labute approximate surface area is 146 Å². The van der Waals surface area contributed by atoms with Gasteiger partial charge in [0, 0.05) is 12.0 Å². The molecule has 1 unspecified atom stereocenters. The number of aliphatic carboxylic acids is 1. The summed E-state index contributed by atoms with van der Waals surface area (Å²) in [4.78, 5) is 20.5. The first-order valence-corrected chi connectivity index (χ1v) is 8.06. The highest BCUT2D eigenvalue weighted by Crippen LogP contribution is 2.19. The molecule has 3 aromatic rings. The molecule has 0 fully saturated rings. The Bertz CT molecular complexity index is 851. The molecule has 0 radical (unpaired) electrons. The van der Waals surface area contributed by atoms with E-state index in [1.807, 2.05) is 67.6 Å². The zero-order valence-electron chi connectivity index (χ0n) is 13.9. The third-order valence-electron chi connectivity index (χ3n) is 3.91. The van der Waals surface area contributed by atoms with E-state index in [9.17, 15) is 9.90 Å². The van der Waals surface area contributed by atoms with Gasteiger partial charge in [0.05, 0.1) is 17.6 Å². The van der Waals surface area contributed by atoms with Crippen molar-refractivity contribution < 1.29 is 9.90 Å². The molecule has 1 heterocycles. The topological polar surface area (TPSA) is 75.1 Å². The van der Waals surface area contributed by atoms with E-state index in [2.05, 4.69) is 15.3 Å². The fraction of sp³-hybridized carbons (Fsp3) is 0.150. The number of nitrogens with one attached hydrogen (secondary N) is 1. The van der Waals surface area contributed by atoms with Gasteiger partial charge in [-0.15, -0.1) is 0 Å². The van der Waals surface area contributed by atoms with E-state index in [0.717, 1.165) is 16.8 Å². The van der Waals surface area contributed by atoms with Gasteiger partial charge in [0.1, 0.15) is 11.9 Å². The van der Waals surface area contributed by atoms with Gasteiger partial charge in [-0.25, -0.2) is 14.8 Å². The third-order valence-corrected chi connectivity index (χ3v) is 3.91. The SMILES string of the molecule is Cc1nc(-c2ccccc2)cnc1NC(Cc1ccccc1)C(=O)O. The summed E-state index contributed by atoms with van der Waals surface area (Å²) in [7, 11) is 0. The summed E-state index contributed by atoms with van der Waals surface area (Å²) >= 11 is 0. The Balaban J connectivity index is 1.79. The summed E-state index contributed by atoms with van der Waals surface area (Å²) in [6, 6.07) is 18.5. The van der Waals surface area contributed by atoms with Gasteiger partial charge >= 0.3 is 5.97 Å². The van der Waals surface area contributed by atoms with Crippen LogP contribution in [0.1, 0.15) is 11.3 Å². The number of aryl methyl sites for hydroxylation is 1. The van der Waals surface area contributed by atoms with E-state index < -0.39 is 12.0 Å². The van der Waals surface area contributed by atoms with Crippen LogP contribution in [-0.4, -0.2) is 27.1 Å². The summed E-state index contributed by atoms with van der Waals surface area (Å²) in [5, 5.41) is 12.5. The average molecular weight is 333 g/mol. The fourth-order valence-corrected chi connectivity index (χ4v) is 2.59. The quantitative estimate of drug-likeness (QED) is 0.721. The number of carboxylic acids is 1. The minimum Gasteiger partial charge on any atom is -0.480 e. The summed E-state index contributed by atoms with van der Waals surface area (Å²) in [5.74, 6) is -0.430. The van der Waals surface area contributed by atoms with Crippen LogP contribution < -0.4 is 5.32 Å². The zero-order valence-corrected chi connectivity index (χ0v) is 13.9. The average Bonchev–Trinajstić information content (AvgIpc) is 2.64. The van der Waals surface area contributed by atoms with Crippen LogP contribution in [0.4, 0.5) is 5.82 Å². The minimum absolute atomic E-state index is 0.373. The van der Waals surface area contributed by atoms with Crippen LogP contribution in [-0.2, 0) is 11.2 Å². The molecule has 2 aromatic carbocycles. The number of benzene rings is 2. The number of anilines is 1. The number of hydrogen-bond donors (Lipinski definition) is 2. The molecule has 0 bridgehead atoms. The molecule has 5 nitrogen and oxygen atoms in total. The van der Waals surface area contributed by atoms with Crippen molar-refractivity contribution in [3.63, 3.8) is 0 Å². The first-order valence-electron chi connectivity index (χ1n) is 8.06. The summed E-state index contributed by atoms with van der Waals surface area (Å²) in [6.07, 6.45) is 2.03. The van der Waals surface area contributed by atoms with Crippen molar-refractivity contribution in [3.05, 3.63) is 78.1 Å². The van der Waals surface area contributed by atoms with Gasteiger partial charge < -0.3 is 10.4 Å². The largest absolute Gasteiger partial charge is 0.480 e. The minimum atomic E-state index is -0.919. The Morgan fingerprint density at radius 3 is 2.32 bits per heavy atom. The smallest absolute Gasteiger partial charge is 0.326 e. The highest BCUT2D eigenvalue weighted by atomic mass is 16.4. The second-order valence-electron chi connectivity index (χ2n) is 5.78. The van der Waals surface area contributed by atoms with Gasteiger partial charge in [-0.05, 0) is 12.5 Å². The molecule has 0 spiro atoms. The van der Waals surface area contributed by atoms with Crippen LogP contribution in [0, 0.1) is 6.92 Å². The molecule has 1 atom stereocenters. The number of carbonyl (C=O) groups is 1. The molecule has 0 aliphatic heterocycles. The summed E-state index contributed by atoms with van der Waals surface area (Å²) in [5.41, 5.74) is 3.36. The molecular formula is C20H19N3O2. The highest BCUT2D eigenvalue weighted by Gasteiger charge is 2.19. The van der Waals surface area contributed by atoms with E-state index in [1.165, 1.54) is 0 Å². The Morgan fingerprint density at radius 1 is 1.08 bits per heavy atom. The molecule has 5 heteroatoms. The predicted molar refractivity (Wildman–Crippen MR) is 97.4 cm³/mol. The number of hydrogen-bond acceptors (Lipinski definition) is 4. The Morgan fingerprint density at radius 2 is 1.72 bits per heavy atom. The van der Waals surface area contributed by atoms with Crippen molar-refractivity contribution >= 4 is 11.8 Å². The molecule has 126 valence electrons. The lowest BCUT2D eigenvalue weighted by atomic mass is 10.1. The molecule has 0 saturated carbocycles. The second kappa shape index (κ2) is 7.57. The molecular weight excluding hydrogens is 314 g/mol. The standard InChI is InChI=1S/C20H19N3O2/c1-14-19(21-13-18(22-14)16-10-6-3-7-11-16)23-17(20(24)25)12-15-8-4-2-5-9-15/h2-11,13,17H,12H2,1H3,(H,21,23)(H,24,25). The number of rotatable bonds is 6. The van der Waals surface area contributed by atoms with Gasteiger partial charge in [0.2, 0.25) is 0 Å². The first-order chi connectivity index (χ1) is 12.1. The summed E-state index contributed by atoms with van der Waals surface area (Å²) < 4.78 is 0. The monoisotopic (exact) mass is 333 g/mol. The van der Waals surface area contributed by atoms with E-state index in [1.54, 1.807) is 6.20 Å². The highest BCUT2D eigenvalue weighted by molar-refractivity contribution is 5.77. The summed E-state index contributed by atoms with van der Waals surface area (Å²) in [6.45, 7) is 1.82. The predicted octanol–water partition coefficient (Wildman–Crippen LogP) is 3.56. The number of aromatic nitrogens is 2. The van der Waals surface area contributed by atoms with Gasteiger partial charge in [0.25, 0.3) is 0 Å². The molecule has 25 heavy (non-hydrogen) atoms. The van der Waals surface area contributed by atoms with Crippen molar-refractivity contribution in [1.29, 1.82) is 0 Å². The maximum absolute atomic E-state index is 11.6. The van der Waals surface area contributed by atoms with Crippen LogP contribution >= 0.6 is 0 Å². The normalized spacial score (nSPS) is 11.7. The van der Waals surface area contributed by atoms with E-state index >= 15 is 0 Å². The van der Waals surface area contributed by atoms with Crippen LogP contribution in [0.2, 0.25) is 0 Å². The Kier molecular flexibility index (Phi) is 5.04. The molecule has 3 rings (SSSR count). The van der Waals surface area contributed by atoms with Gasteiger partial charge in [0.15, 0.2) is 0 Å². The maximum Gasteiger partial charge on any atom is 0.326 e. The second-order valence-corrected chi connectivity index (χ2v) is 5.78. The van der Waals surface area contributed by atoms with Crippen LogP contribution in [0.5, 0.6) is 0 Å². The van der Waals surface area contributed by atoms with Crippen molar-refractivity contribution in [3.8, 4) is 11.3 Å². The van der Waals surface area contributed by atoms with Crippen LogP contribution in [0.3, 0.4) is 0 Å². The third kappa shape index (κ3) is 4.20. The molecule has 0 amide bonds. The van der Waals surface area contributed by atoms with Crippen LogP contribution in [0.15, 0.2) is 66.9 Å². The number of carboxylic acid groups (broad SMARTS) is 1. The molecule has 0 aliphatic carbocycles. The van der Waals surface area contributed by atoms with Crippen LogP contribution in [0.25, 0.3) is 11.3 Å². The fourth-order valence-electron chi connectivity index (χ4n) is 2.59. The van der Waals surface area contributed by atoms with Crippen molar-refractivity contribution in [2.75, 3.05) is 5.32 Å². The lowest BCUT2D eigenvalue weighted by Crippen LogP contribution is -2.32. The van der Waals surface area contributed by atoms with Crippen molar-refractivity contribution in [2.45, 2.75) is 19.4 Å². The zero-order chi connectivity index (χ0) is 17.6. The first kappa shape index (κ1) is 16.6. The molecule has 0 aliphatic rings. The molecule has 0 saturated heterocycles. The van der Waals surface area contributed by atoms with Gasteiger partial charge in [-0.3, -0.25) is 0 Å². The maximum atomic E-state index is 11.6. The van der Waals surface area contributed by atoms with E-state index in [4.69, 9.17) is 0 Å². The lowest BCUT2D eigenvalue weighted by Gasteiger charge is -2.16. The Hall–Kier alpha value is -3.21. The van der Waals surface area contributed by atoms with Gasteiger partial charge in [-0.1, -0.05) is 60.7 Å². The lowest BCUT2D eigenvalue weighted by molar-refractivity contribution is -0.137. The van der Waals surface area contributed by atoms with E-state index in [0.29, 0.717) is 17.9 Å². The van der Waals surface area contributed by atoms with Crippen molar-refractivity contribution in [2.24, 2.45) is 0 Å².